The molecule has 0 saturated carbocycles. The van der Waals surface area contributed by atoms with Gasteiger partial charge in [-0.3, -0.25) is 9.59 Å². The molecular weight excluding hydrogens is 290 g/mol. The molecular formula is C19H21NO3. The van der Waals surface area contributed by atoms with E-state index in [2.05, 4.69) is 18.3 Å². The summed E-state index contributed by atoms with van der Waals surface area (Å²) in [6.07, 6.45) is 0.751. The summed E-state index contributed by atoms with van der Waals surface area (Å²) in [6, 6.07) is 10.6. The fraction of sp³-hybridized carbons (Fsp3) is 0.263. The molecule has 2 rings (SSSR count). The van der Waals surface area contributed by atoms with Crippen LogP contribution in [0, 0.1) is 20.8 Å². The van der Waals surface area contributed by atoms with Crippen LogP contribution in [0.25, 0.3) is 0 Å². The predicted molar refractivity (Wildman–Crippen MR) is 90.3 cm³/mol. The van der Waals surface area contributed by atoms with Crippen LogP contribution in [0.2, 0.25) is 0 Å². The van der Waals surface area contributed by atoms with Crippen LogP contribution in [-0.4, -0.2) is 25.3 Å². The molecule has 0 radical (unpaired) electrons. The van der Waals surface area contributed by atoms with Crippen molar-refractivity contribution >= 4 is 12.2 Å². The summed E-state index contributed by atoms with van der Waals surface area (Å²) in [7, 11) is 0. The van der Waals surface area contributed by atoms with E-state index in [9.17, 15) is 9.59 Å². The average molecular weight is 311 g/mol. The Balaban J connectivity index is 1.84. The summed E-state index contributed by atoms with van der Waals surface area (Å²) < 4.78 is 5.73. The van der Waals surface area contributed by atoms with Crippen LogP contribution >= 0.6 is 0 Å². The van der Waals surface area contributed by atoms with Gasteiger partial charge in [-0.05, 0) is 55.7 Å². The minimum Gasteiger partial charge on any atom is -0.491 e. The Labute approximate surface area is 136 Å². The van der Waals surface area contributed by atoms with E-state index in [1.54, 1.807) is 24.3 Å². The Morgan fingerprint density at radius 2 is 1.70 bits per heavy atom. The molecule has 0 bridgehead atoms. The van der Waals surface area contributed by atoms with E-state index in [1.165, 1.54) is 11.1 Å². The van der Waals surface area contributed by atoms with Crippen molar-refractivity contribution in [3.05, 3.63) is 64.2 Å². The smallest absolute Gasteiger partial charge is 0.251 e. The van der Waals surface area contributed by atoms with Crippen LogP contribution < -0.4 is 10.1 Å². The first-order valence-electron chi connectivity index (χ1n) is 7.55. The summed E-state index contributed by atoms with van der Waals surface area (Å²) in [5.74, 6) is 0.667. The van der Waals surface area contributed by atoms with Crippen molar-refractivity contribution in [3.8, 4) is 5.75 Å². The van der Waals surface area contributed by atoms with Crippen LogP contribution in [0.1, 0.15) is 37.4 Å². The van der Waals surface area contributed by atoms with Gasteiger partial charge < -0.3 is 10.1 Å². The van der Waals surface area contributed by atoms with Gasteiger partial charge in [-0.25, -0.2) is 0 Å². The molecule has 0 saturated heterocycles. The molecule has 0 atom stereocenters. The maximum absolute atomic E-state index is 12.0. The Morgan fingerprint density at radius 1 is 1.04 bits per heavy atom. The summed E-state index contributed by atoms with van der Waals surface area (Å²) in [4.78, 5) is 22.6. The molecule has 4 heteroatoms. The summed E-state index contributed by atoms with van der Waals surface area (Å²) >= 11 is 0. The number of rotatable bonds is 6. The number of benzene rings is 2. The lowest BCUT2D eigenvalue weighted by atomic mass is 10.1. The van der Waals surface area contributed by atoms with E-state index in [1.807, 2.05) is 19.9 Å². The molecule has 0 aromatic heterocycles. The quantitative estimate of drug-likeness (QED) is 0.658. The first-order chi connectivity index (χ1) is 11.0. The molecule has 2 aromatic rings. The molecule has 2 aromatic carbocycles. The molecule has 0 aliphatic carbocycles. The Hall–Kier alpha value is -2.62. The van der Waals surface area contributed by atoms with Crippen molar-refractivity contribution in [2.24, 2.45) is 0 Å². The third-order valence-electron chi connectivity index (χ3n) is 3.75. The second-order valence-corrected chi connectivity index (χ2v) is 5.55. The highest BCUT2D eigenvalue weighted by Gasteiger charge is 2.06. The SMILES string of the molecule is Cc1cc(C)c(OCCNC(=O)c2ccc(C=O)cc2)cc1C. The van der Waals surface area contributed by atoms with Gasteiger partial charge in [0.05, 0.1) is 6.54 Å². The Bertz CT molecular complexity index is 705. The van der Waals surface area contributed by atoms with E-state index in [4.69, 9.17) is 4.74 Å². The number of carbonyl (C=O) groups is 2. The first kappa shape index (κ1) is 16.7. The number of hydrogen-bond donors (Lipinski definition) is 1. The summed E-state index contributed by atoms with van der Waals surface area (Å²) in [6.45, 7) is 6.95. The molecule has 1 N–H and O–H groups in total. The number of aldehydes is 1. The summed E-state index contributed by atoms with van der Waals surface area (Å²) in [5, 5.41) is 2.80. The van der Waals surface area contributed by atoms with Gasteiger partial charge in [-0.2, -0.15) is 0 Å². The standard InChI is InChI=1S/C19H21NO3/c1-13-10-15(3)18(11-14(13)2)23-9-8-20-19(22)17-6-4-16(12-21)5-7-17/h4-7,10-12H,8-9H2,1-3H3,(H,20,22). The minimum absolute atomic E-state index is 0.178. The molecule has 120 valence electrons. The largest absolute Gasteiger partial charge is 0.491 e. The molecule has 1 amide bonds. The van der Waals surface area contributed by atoms with Crippen LogP contribution in [0.5, 0.6) is 5.75 Å². The monoisotopic (exact) mass is 311 g/mol. The van der Waals surface area contributed by atoms with Crippen molar-refractivity contribution in [1.82, 2.24) is 5.32 Å². The van der Waals surface area contributed by atoms with Gasteiger partial charge in [0.2, 0.25) is 0 Å². The van der Waals surface area contributed by atoms with Crippen molar-refractivity contribution in [1.29, 1.82) is 0 Å². The highest BCUT2D eigenvalue weighted by molar-refractivity contribution is 5.94. The highest BCUT2D eigenvalue weighted by atomic mass is 16.5. The average Bonchev–Trinajstić information content (AvgIpc) is 2.55. The van der Waals surface area contributed by atoms with Gasteiger partial charge in [0, 0.05) is 11.1 Å². The molecule has 0 unspecified atom stereocenters. The lowest BCUT2D eigenvalue weighted by Crippen LogP contribution is -2.28. The lowest BCUT2D eigenvalue weighted by Gasteiger charge is -2.12. The fourth-order valence-corrected chi connectivity index (χ4v) is 2.23. The third kappa shape index (κ3) is 4.42. The van der Waals surface area contributed by atoms with Gasteiger partial charge >= 0.3 is 0 Å². The van der Waals surface area contributed by atoms with Gasteiger partial charge in [-0.15, -0.1) is 0 Å². The highest BCUT2D eigenvalue weighted by Crippen LogP contribution is 2.22. The molecule has 0 spiro atoms. The van der Waals surface area contributed by atoms with E-state index >= 15 is 0 Å². The zero-order valence-electron chi connectivity index (χ0n) is 13.7. The Kier molecular flexibility index (Phi) is 5.52. The zero-order chi connectivity index (χ0) is 16.8. The Morgan fingerprint density at radius 3 is 2.35 bits per heavy atom. The second kappa shape index (κ2) is 7.58. The number of aryl methyl sites for hydroxylation is 3. The van der Waals surface area contributed by atoms with Crippen molar-refractivity contribution in [3.63, 3.8) is 0 Å². The molecule has 0 fully saturated rings. The van der Waals surface area contributed by atoms with Gasteiger partial charge in [0.1, 0.15) is 18.6 Å². The third-order valence-corrected chi connectivity index (χ3v) is 3.75. The van der Waals surface area contributed by atoms with Crippen LogP contribution in [0.15, 0.2) is 36.4 Å². The van der Waals surface area contributed by atoms with E-state index in [0.29, 0.717) is 24.3 Å². The maximum atomic E-state index is 12.0. The molecule has 0 aliphatic rings. The van der Waals surface area contributed by atoms with Crippen molar-refractivity contribution < 1.29 is 14.3 Å². The molecule has 0 heterocycles. The van der Waals surface area contributed by atoms with Gasteiger partial charge in [0.15, 0.2) is 0 Å². The lowest BCUT2D eigenvalue weighted by molar-refractivity contribution is 0.0946. The predicted octanol–water partition coefficient (Wildman–Crippen LogP) is 3.23. The second-order valence-electron chi connectivity index (χ2n) is 5.55. The maximum Gasteiger partial charge on any atom is 0.251 e. The van der Waals surface area contributed by atoms with Gasteiger partial charge in [-0.1, -0.05) is 18.2 Å². The van der Waals surface area contributed by atoms with E-state index < -0.39 is 0 Å². The summed E-state index contributed by atoms with van der Waals surface area (Å²) in [5.41, 5.74) is 4.59. The molecule has 4 nitrogen and oxygen atoms in total. The van der Waals surface area contributed by atoms with Crippen LogP contribution in [0.3, 0.4) is 0 Å². The number of amides is 1. The molecule has 23 heavy (non-hydrogen) atoms. The van der Waals surface area contributed by atoms with Crippen LogP contribution in [0.4, 0.5) is 0 Å². The van der Waals surface area contributed by atoms with E-state index in [-0.39, 0.29) is 5.91 Å². The fourth-order valence-electron chi connectivity index (χ4n) is 2.23. The number of ether oxygens (including phenoxy) is 1. The topological polar surface area (TPSA) is 55.4 Å². The normalized spacial score (nSPS) is 10.2. The van der Waals surface area contributed by atoms with Crippen molar-refractivity contribution in [2.75, 3.05) is 13.2 Å². The minimum atomic E-state index is -0.178. The van der Waals surface area contributed by atoms with E-state index in [0.717, 1.165) is 17.6 Å². The number of carbonyl (C=O) groups excluding carboxylic acids is 2. The zero-order valence-corrected chi connectivity index (χ0v) is 13.7. The van der Waals surface area contributed by atoms with Gasteiger partial charge in [0.25, 0.3) is 5.91 Å². The van der Waals surface area contributed by atoms with Crippen molar-refractivity contribution in [2.45, 2.75) is 20.8 Å². The first-order valence-corrected chi connectivity index (χ1v) is 7.55. The molecule has 0 aliphatic heterocycles. The van der Waals surface area contributed by atoms with Crippen LogP contribution in [-0.2, 0) is 0 Å². The number of hydrogen-bond acceptors (Lipinski definition) is 3. The number of nitrogens with one attached hydrogen (secondary N) is 1.